The Morgan fingerprint density at radius 2 is 2.00 bits per heavy atom. The standard InChI is InChI=1S/C14H11BrN2O3S/c15-13-7-6-12(21-13)9-16-14(18)8-3-10-1-4-11(5-2-10)17(19)20/h1-8H,9H2,(H,16,18)/b8-3+. The summed E-state index contributed by atoms with van der Waals surface area (Å²) in [6.45, 7) is 0.472. The molecule has 1 aromatic carbocycles. The van der Waals surface area contributed by atoms with Crippen molar-refractivity contribution in [3.8, 4) is 0 Å². The quantitative estimate of drug-likeness (QED) is 0.497. The number of nitrogens with one attached hydrogen (secondary N) is 1. The minimum atomic E-state index is -0.459. The van der Waals surface area contributed by atoms with Crippen LogP contribution in [0.25, 0.3) is 6.08 Å². The number of nitro benzene ring substituents is 1. The molecule has 1 N–H and O–H groups in total. The van der Waals surface area contributed by atoms with Crippen molar-refractivity contribution in [1.82, 2.24) is 5.32 Å². The van der Waals surface area contributed by atoms with Gasteiger partial charge in [0.05, 0.1) is 15.3 Å². The van der Waals surface area contributed by atoms with E-state index in [0.717, 1.165) is 14.2 Å². The van der Waals surface area contributed by atoms with Gasteiger partial charge in [0.25, 0.3) is 5.69 Å². The normalized spacial score (nSPS) is 10.7. The van der Waals surface area contributed by atoms with E-state index in [4.69, 9.17) is 0 Å². The number of nitrogens with zero attached hydrogens (tertiary/aromatic N) is 1. The largest absolute Gasteiger partial charge is 0.348 e. The fourth-order valence-electron chi connectivity index (χ4n) is 1.56. The molecule has 0 aliphatic heterocycles. The molecule has 1 amide bonds. The zero-order valence-electron chi connectivity index (χ0n) is 10.8. The van der Waals surface area contributed by atoms with E-state index in [1.54, 1.807) is 29.5 Å². The lowest BCUT2D eigenvalue weighted by Crippen LogP contribution is -2.19. The zero-order valence-corrected chi connectivity index (χ0v) is 13.2. The van der Waals surface area contributed by atoms with E-state index >= 15 is 0 Å². The van der Waals surface area contributed by atoms with Gasteiger partial charge in [0, 0.05) is 23.1 Å². The second kappa shape index (κ2) is 7.14. The van der Waals surface area contributed by atoms with Crippen LogP contribution < -0.4 is 5.32 Å². The molecule has 0 bridgehead atoms. The van der Waals surface area contributed by atoms with Crippen LogP contribution in [-0.4, -0.2) is 10.8 Å². The number of non-ortho nitro benzene ring substituents is 1. The average Bonchev–Trinajstić information content (AvgIpc) is 2.89. The summed E-state index contributed by atoms with van der Waals surface area (Å²) in [6, 6.07) is 9.87. The van der Waals surface area contributed by atoms with Gasteiger partial charge in [0.15, 0.2) is 0 Å². The Bertz CT molecular complexity index is 680. The Morgan fingerprint density at radius 1 is 1.29 bits per heavy atom. The molecule has 1 heterocycles. The second-order valence-corrected chi connectivity index (χ2v) is 6.65. The first kappa shape index (κ1) is 15.4. The van der Waals surface area contributed by atoms with Gasteiger partial charge in [-0.15, -0.1) is 11.3 Å². The minimum absolute atomic E-state index is 0.0277. The summed E-state index contributed by atoms with van der Waals surface area (Å²) in [5.74, 6) is -0.210. The number of halogens is 1. The van der Waals surface area contributed by atoms with Crippen molar-refractivity contribution in [2.75, 3.05) is 0 Å². The van der Waals surface area contributed by atoms with Crippen LogP contribution in [0, 0.1) is 10.1 Å². The van der Waals surface area contributed by atoms with Crippen LogP contribution in [-0.2, 0) is 11.3 Å². The number of nitro groups is 1. The molecule has 0 fully saturated rings. The molecule has 21 heavy (non-hydrogen) atoms. The molecule has 0 saturated carbocycles. The van der Waals surface area contributed by atoms with Gasteiger partial charge < -0.3 is 5.32 Å². The summed E-state index contributed by atoms with van der Waals surface area (Å²) >= 11 is 4.92. The maximum absolute atomic E-state index is 11.7. The highest BCUT2D eigenvalue weighted by molar-refractivity contribution is 9.11. The Kier molecular flexibility index (Phi) is 5.24. The number of amides is 1. The van der Waals surface area contributed by atoms with Gasteiger partial charge in [-0.3, -0.25) is 14.9 Å². The summed E-state index contributed by atoms with van der Waals surface area (Å²) in [7, 11) is 0. The molecule has 0 saturated heterocycles. The Balaban J connectivity index is 1.88. The van der Waals surface area contributed by atoms with Gasteiger partial charge in [0.1, 0.15) is 0 Å². The van der Waals surface area contributed by atoms with Crippen molar-refractivity contribution in [2.24, 2.45) is 0 Å². The molecule has 0 aliphatic carbocycles. The topological polar surface area (TPSA) is 72.2 Å². The summed E-state index contributed by atoms with van der Waals surface area (Å²) in [5, 5.41) is 13.3. The molecule has 0 unspecified atom stereocenters. The third-order valence-electron chi connectivity index (χ3n) is 2.60. The Labute approximate surface area is 133 Å². The lowest BCUT2D eigenvalue weighted by molar-refractivity contribution is -0.384. The number of carbonyl (C=O) groups is 1. The molecule has 1 aromatic heterocycles. The molecule has 0 radical (unpaired) electrons. The molecule has 5 nitrogen and oxygen atoms in total. The van der Waals surface area contributed by atoms with Crippen LogP contribution in [0.4, 0.5) is 5.69 Å². The molecule has 2 aromatic rings. The first-order valence-electron chi connectivity index (χ1n) is 5.99. The highest BCUT2D eigenvalue weighted by atomic mass is 79.9. The van der Waals surface area contributed by atoms with Crippen LogP contribution >= 0.6 is 27.3 Å². The number of carbonyl (C=O) groups excluding carboxylic acids is 1. The fourth-order valence-corrected chi connectivity index (χ4v) is 2.98. The summed E-state index contributed by atoms with van der Waals surface area (Å²) < 4.78 is 1.02. The SMILES string of the molecule is O=C(/C=C/c1ccc([N+](=O)[O-])cc1)NCc1ccc(Br)s1. The first-order chi connectivity index (χ1) is 10.0. The summed E-state index contributed by atoms with van der Waals surface area (Å²) in [4.78, 5) is 22.8. The monoisotopic (exact) mass is 366 g/mol. The van der Waals surface area contributed by atoms with Gasteiger partial charge in [0.2, 0.25) is 5.91 Å². The molecular weight excluding hydrogens is 356 g/mol. The van der Waals surface area contributed by atoms with E-state index in [-0.39, 0.29) is 11.6 Å². The van der Waals surface area contributed by atoms with Crippen molar-refractivity contribution >= 4 is 44.9 Å². The maximum atomic E-state index is 11.7. The van der Waals surface area contributed by atoms with Crippen LogP contribution in [0.5, 0.6) is 0 Å². The number of rotatable bonds is 5. The second-order valence-electron chi connectivity index (χ2n) is 4.11. The maximum Gasteiger partial charge on any atom is 0.269 e. The average molecular weight is 367 g/mol. The Hall–Kier alpha value is -1.99. The van der Waals surface area contributed by atoms with Gasteiger partial charge in [-0.25, -0.2) is 0 Å². The smallest absolute Gasteiger partial charge is 0.269 e. The predicted octanol–water partition coefficient (Wildman–Crippen LogP) is 3.75. The highest BCUT2D eigenvalue weighted by Crippen LogP contribution is 2.21. The predicted molar refractivity (Wildman–Crippen MR) is 86.0 cm³/mol. The van der Waals surface area contributed by atoms with Crippen molar-refractivity contribution in [3.05, 3.63) is 66.8 Å². The highest BCUT2D eigenvalue weighted by Gasteiger charge is 2.03. The van der Waals surface area contributed by atoms with Gasteiger partial charge in [-0.1, -0.05) is 0 Å². The molecular formula is C14H11BrN2O3S. The van der Waals surface area contributed by atoms with Crippen LogP contribution in [0.3, 0.4) is 0 Å². The van der Waals surface area contributed by atoms with Crippen LogP contribution in [0.2, 0.25) is 0 Å². The first-order valence-corrected chi connectivity index (χ1v) is 7.60. The minimum Gasteiger partial charge on any atom is -0.348 e. The number of thiophene rings is 1. The van der Waals surface area contributed by atoms with Gasteiger partial charge in [-0.05, 0) is 51.8 Å². The molecule has 0 spiro atoms. The van der Waals surface area contributed by atoms with E-state index in [9.17, 15) is 14.9 Å². The van der Waals surface area contributed by atoms with E-state index in [2.05, 4.69) is 21.2 Å². The van der Waals surface area contributed by atoms with Crippen molar-refractivity contribution < 1.29 is 9.72 Å². The van der Waals surface area contributed by atoms with E-state index < -0.39 is 4.92 Å². The third-order valence-corrected chi connectivity index (χ3v) is 4.22. The number of benzene rings is 1. The lowest BCUT2D eigenvalue weighted by Gasteiger charge is -1.99. The van der Waals surface area contributed by atoms with Crippen LogP contribution in [0.15, 0.2) is 46.3 Å². The molecule has 0 atom stereocenters. The summed E-state index contributed by atoms with van der Waals surface area (Å²) in [5.41, 5.74) is 0.759. The number of hydrogen-bond acceptors (Lipinski definition) is 4. The molecule has 2 rings (SSSR count). The molecule has 0 aliphatic rings. The van der Waals surface area contributed by atoms with Gasteiger partial charge >= 0.3 is 0 Å². The van der Waals surface area contributed by atoms with Crippen molar-refractivity contribution in [3.63, 3.8) is 0 Å². The van der Waals surface area contributed by atoms with E-state index in [0.29, 0.717) is 6.54 Å². The lowest BCUT2D eigenvalue weighted by atomic mass is 10.2. The third kappa shape index (κ3) is 4.80. The van der Waals surface area contributed by atoms with Gasteiger partial charge in [-0.2, -0.15) is 0 Å². The fraction of sp³-hybridized carbons (Fsp3) is 0.0714. The summed E-state index contributed by atoms with van der Waals surface area (Å²) in [6.07, 6.45) is 3.02. The molecule has 108 valence electrons. The Morgan fingerprint density at radius 3 is 2.57 bits per heavy atom. The van der Waals surface area contributed by atoms with E-state index in [1.165, 1.54) is 18.2 Å². The van der Waals surface area contributed by atoms with Crippen molar-refractivity contribution in [1.29, 1.82) is 0 Å². The van der Waals surface area contributed by atoms with E-state index in [1.807, 2.05) is 12.1 Å². The van der Waals surface area contributed by atoms with Crippen molar-refractivity contribution in [2.45, 2.75) is 6.54 Å². The zero-order chi connectivity index (χ0) is 15.2. The molecule has 7 heteroatoms. The number of hydrogen-bond donors (Lipinski definition) is 1. The van der Waals surface area contributed by atoms with Crippen LogP contribution in [0.1, 0.15) is 10.4 Å².